The van der Waals surface area contributed by atoms with Gasteiger partial charge in [-0.2, -0.15) is 0 Å². The van der Waals surface area contributed by atoms with Crippen LogP contribution in [0.15, 0.2) is 88.8 Å². The Morgan fingerprint density at radius 1 is 0.912 bits per heavy atom. The van der Waals surface area contributed by atoms with Crippen molar-refractivity contribution >= 4 is 43.7 Å². The summed E-state index contributed by atoms with van der Waals surface area (Å²) in [6, 6.07) is 23.2. The summed E-state index contributed by atoms with van der Waals surface area (Å²) in [7, 11) is -3.81. The number of nitrogens with zero attached hydrogens (tertiary/aromatic N) is 3. The van der Waals surface area contributed by atoms with E-state index in [0.717, 1.165) is 16.1 Å². The van der Waals surface area contributed by atoms with Crippen LogP contribution in [0, 0.1) is 0 Å². The maximum Gasteiger partial charge on any atom is 0.263 e. The fraction of sp³-hybridized carbons (Fsp3) is 0.120. The Balaban J connectivity index is 1.48. The van der Waals surface area contributed by atoms with E-state index >= 15 is 0 Å². The van der Waals surface area contributed by atoms with Crippen molar-refractivity contribution in [1.29, 1.82) is 0 Å². The maximum atomic E-state index is 13.2. The van der Waals surface area contributed by atoms with E-state index in [1.165, 1.54) is 23.5 Å². The summed E-state index contributed by atoms with van der Waals surface area (Å²) >= 11 is 1.20. The summed E-state index contributed by atoms with van der Waals surface area (Å²) in [5.74, 6) is -0.499. The second kappa shape index (κ2) is 8.92. The van der Waals surface area contributed by atoms with Crippen LogP contribution in [0.25, 0.3) is 0 Å². The number of rotatable bonds is 6. The van der Waals surface area contributed by atoms with Crippen molar-refractivity contribution in [3.63, 3.8) is 0 Å². The minimum absolute atomic E-state index is 0.00690. The highest BCUT2D eigenvalue weighted by molar-refractivity contribution is 7.93. The second-order valence-electron chi connectivity index (χ2n) is 7.70. The number of sulfonamides is 1. The number of aryl methyl sites for hydroxylation is 1. The van der Waals surface area contributed by atoms with Crippen LogP contribution in [-0.4, -0.2) is 30.1 Å². The van der Waals surface area contributed by atoms with E-state index in [0.29, 0.717) is 23.4 Å². The Morgan fingerprint density at radius 3 is 2.26 bits per heavy atom. The third-order valence-electron chi connectivity index (χ3n) is 5.52. The summed E-state index contributed by atoms with van der Waals surface area (Å²) in [6.07, 6.45) is 0.685. The number of Topliss-reactive ketones (excluding diaryl/α,β-unsaturated/α-hetero) is 1. The number of hydrogen-bond acceptors (Lipinski definition) is 7. The van der Waals surface area contributed by atoms with Crippen LogP contribution < -0.4 is 4.72 Å². The molecule has 0 spiro atoms. The van der Waals surface area contributed by atoms with Crippen LogP contribution >= 0.6 is 11.3 Å². The quantitative estimate of drug-likeness (QED) is 0.411. The first-order chi connectivity index (χ1) is 16.5. The van der Waals surface area contributed by atoms with Gasteiger partial charge in [0.15, 0.2) is 5.78 Å². The maximum absolute atomic E-state index is 13.2. The van der Waals surface area contributed by atoms with Crippen molar-refractivity contribution < 1.29 is 13.2 Å². The Bertz CT molecular complexity index is 1490. The average Bonchev–Trinajstić information content (AvgIpc) is 3.42. The van der Waals surface area contributed by atoms with E-state index < -0.39 is 15.9 Å². The van der Waals surface area contributed by atoms with Crippen LogP contribution in [0.4, 0.5) is 10.8 Å². The first-order valence-corrected chi connectivity index (χ1v) is 13.0. The number of anilines is 1. The standard InChI is InChI=1S/C25H20N4O3S2/c1-2-21-27-28-25(33-21)29-34(31,32)18-14-12-17(13-15-18)26-23-19-10-6-7-11-20(19)24(30)22(23)16-8-4-3-5-9-16/h3-15,22H,2H2,1H3,(H,28,29)/t22-/m0/s1. The molecule has 0 bridgehead atoms. The summed E-state index contributed by atoms with van der Waals surface area (Å²) in [5.41, 5.74) is 3.52. The van der Waals surface area contributed by atoms with E-state index in [-0.39, 0.29) is 15.8 Å². The van der Waals surface area contributed by atoms with Crippen LogP contribution in [0.3, 0.4) is 0 Å². The molecule has 9 heteroatoms. The molecule has 7 nitrogen and oxygen atoms in total. The van der Waals surface area contributed by atoms with E-state index in [1.54, 1.807) is 12.1 Å². The van der Waals surface area contributed by atoms with Crippen LogP contribution in [0.5, 0.6) is 0 Å². The lowest BCUT2D eigenvalue weighted by Crippen LogP contribution is -2.14. The molecular weight excluding hydrogens is 468 g/mol. The molecule has 1 aliphatic rings. The van der Waals surface area contributed by atoms with Crippen molar-refractivity contribution in [3.05, 3.63) is 101 Å². The summed E-state index contributed by atoms with van der Waals surface area (Å²) in [5, 5.41) is 8.79. The number of nitrogens with one attached hydrogen (secondary N) is 1. The molecule has 1 aliphatic carbocycles. The molecule has 0 saturated heterocycles. The number of carbonyl (C=O) groups is 1. The summed E-state index contributed by atoms with van der Waals surface area (Å²) in [6.45, 7) is 1.93. The lowest BCUT2D eigenvalue weighted by Gasteiger charge is -2.11. The molecule has 4 aromatic rings. The fourth-order valence-corrected chi connectivity index (χ4v) is 5.80. The van der Waals surface area contributed by atoms with Gasteiger partial charge in [-0.25, -0.2) is 8.42 Å². The topological polar surface area (TPSA) is 101 Å². The van der Waals surface area contributed by atoms with Gasteiger partial charge in [0.25, 0.3) is 10.0 Å². The monoisotopic (exact) mass is 488 g/mol. The van der Waals surface area contributed by atoms with Gasteiger partial charge in [-0.15, -0.1) is 10.2 Å². The van der Waals surface area contributed by atoms with E-state index in [9.17, 15) is 13.2 Å². The van der Waals surface area contributed by atoms with Gasteiger partial charge in [-0.3, -0.25) is 14.5 Å². The number of fused-ring (bicyclic) bond motifs is 1. The van der Waals surface area contributed by atoms with Gasteiger partial charge in [0, 0.05) is 11.1 Å². The molecule has 0 aliphatic heterocycles. The van der Waals surface area contributed by atoms with Gasteiger partial charge < -0.3 is 0 Å². The average molecular weight is 489 g/mol. The molecule has 0 saturated carbocycles. The van der Waals surface area contributed by atoms with Gasteiger partial charge in [0.2, 0.25) is 5.13 Å². The van der Waals surface area contributed by atoms with Gasteiger partial charge in [-0.1, -0.05) is 72.9 Å². The molecule has 0 amide bonds. The number of ketones is 1. The van der Waals surface area contributed by atoms with Gasteiger partial charge in [-0.05, 0) is 36.2 Å². The van der Waals surface area contributed by atoms with Crippen LogP contribution in [0.2, 0.25) is 0 Å². The molecule has 0 fully saturated rings. The number of benzene rings is 3. The smallest absolute Gasteiger partial charge is 0.263 e. The van der Waals surface area contributed by atoms with Crippen LogP contribution in [-0.2, 0) is 16.4 Å². The second-order valence-corrected chi connectivity index (χ2v) is 10.4. The molecule has 1 heterocycles. The molecule has 170 valence electrons. The molecule has 1 aromatic heterocycles. The molecule has 5 rings (SSSR count). The molecule has 1 atom stereocenters. The largest absolute Gasteiger partial charge is 0.293 e. The predicted molar refractivity (Wildman–Crippen MR) is 133 cm³/mol. The molecule has 0 unspecified atom stereocenters. The van der Waals surface area contributed by atoms with E-state index in [2.05, 4.69) is 14.9 Å². The number of aliphatic imine (C=N–C) groups is 1. The van der Waals surface area contributed by atoms with Crippen molar-refractivity contribution in [2.75, 3.05) is 4.72 Å². The van der Waals surface area contributed by atoms with Crippen molar-refractivity contribution in [2.45, 2.75) is 24.2 Å². The first-order valence-electron chi connectivity index (χ1n) is 10.7. The molecule has 0 radical (unpaired) electrons. The Hall–Kier alpha value is -3.69. The van der Waals surface area contributed by atoms with Gasteiger partial charge in [0.05, 0.1) is 22.2 Å². The van der Waals surface area contributed by atoms with Crippen LogP contribution in [0.1, 0.15) is 39.3 Å². The van der Waals surface area contributed by atoms with E-state index in [4.69, 9.17) is 4.99 Å². The van der Waals surface area contributed by atoms with Gasteiger partial charge >= 0.3 is 0 Å². The third-order valence-corrected chi connectivity index (χ3v) is 7.99. The van der Waals surface area contributed by atoms with Gasteiger partial charge in [0.1, 0.15) is 5.01 Å². The summed E-state index contributed by atoms with van der Waals surface area (Å²) < 4.78 is 28.0. The molecule has 3 aromatic carbocycles. The zero-order chi connectivity index (χ0) is 23.7. The highest BCUT2D eigenvalue weighted by Gasteiger charge is 2.37. The van der Waals surface area contributed by atoms with Crippen molar-refractivity contribution in [2.24, 2.45) is 4.99 Å². The number of carbonyl (C=O) groups excluding carboxylic acids is 1. The van der Waals surface area contributed by atoms with E-state index in [1.807, 2.05) is 61.5 Å². The molecular formula is C25H20N4O3S2. The zero-order valence-corrected chi connectivity index (χ0v) is 19.8. The fourth-order valence-electron chi connectivity index (χ4n) is 3.89. The minimum atomic E-state index is -3.81. The summed E-state index contributed by atoms with van der Waals surface area (Å²) in [4.78, 5) is 18.1. The lowest BCUT2D eigenvalue weighted by atomic mass is 9.93. The predicted octanol–water partition coefficient (Wildman–Crippen LogP) is 5.00. The SMILES string of the molecule is CCc1nnc(NS(=O)(=O)c2ccc(N=C3c4ccccc4C(=O)[C@H]3c3ccccc3)cc2)s1. The zero-order valence-electron chi connectivity index (χ0n) is 18.2. The molecule has 34 heavy (non-hydrogen) atoms. The number of aromatic nitrogens is 2. The van der Waals surface area contributed by atoms with Crippen molar-refractivity contribution in [1.82, 2.24) is 10.2 Å². The minimum Gasteiger partial charge on any atom is -0.293 e. The third kappa shape index (κ3) is 4.15. The Morgan fingerprint density at radius 2 is 1.59 bits per heavy atom. The Kier molecular flexibility index (Phi) is 5.80. The number of hydrogen-bond donors (Lipinski definition) is 1. The normalized spacial score (nSPS) is 16.6. The lowest BCUT2D eigenvalue weighted by molar-refractivity contribution is 0.0988. The first kappa shape index (κ1) is 22.1. The highest BCUT2D eigenvalue weighted by atomic mass is 32.2. The highest BCUT2D eigenvalue weighted by Crippen LogP contribution is 2.36. The molecule has 1 N–H and O–H groups in total. The Labute approximate surface area is 201 Å². The van der Waals surface area contributed by atoms with Crippen molar-refractivity contribution in [3.8, 4) is 0 Å².